The number of hydrogen-bond acceptors (Lipinski definition) is 3. The van der Waals surface area contributed by atoms with Crippen LogP contribution in [0.5, 0.6) is 0 Å². The summed E-state index contributed by atoms with van der Waals surface area (Å²) < 4.78 is 27.8. The van der Waals surface area contributed by atoms with Crippen LogP contribution in [0.25, 0.3) is 0 Å². The molecule has 0 bridgehead atoms. The summed E-state index contributed by atoms with van der Waals surface area (Å²) >= 11 is 15.0. The van der Waals surface area contributed by atoms with Crippen molar-refractivity contribution in [1.29, 1.82) is 0 Å². The van der Waals surface area contributed by atoms with Gasteiger partial charge in [0.1, 0.15) is 4.90 Å². The topological polar surface area (TPSA) is 72.2 Å². The lowest BCUT2D eigenvalue weighted by molar-refractivity contribution is 0.601. The van der Waals surface area contributed by atoms with Crippen molar-refractivity contribution in [3.8, 4) is 0 Å². The van der Waals surface area contributed by atoms with Gasteiger partial charge >= 0.3 is 0 Å². The molecule has 106 valence electrons. The maximum absolute atomic E-state index is 12.4. The van der Waals surface area contributed by atoms with Crippen LogP contribution in [0.3, 0.4) is 0 Å². The fraction of sp³-hybridized carbons (Fsp3) is 0. The van der Waals surface area contributed by atoms with Gasteiger partial charge in [-0.05, 0) is 40.2 Å². The zero-order chi connectivity index (χ0) is 14.9. The van der Waals surface area contributed by atoms with Gasteiger partial charge in [-0.15, -0.1) is 0 Å². The minimum atomic E-state index is -3.91. The van der Waals surface area contributed by atoms with E-state index in [1.807, 2.05) is 0 Å². The predicted octanol–water partition coefficient (Wildman–Crippen LogP) is 4.14. The molecule has 0 radical (unpaired) electrons. The molecule has 0 aromatic heterocycles. The first-order valence-corrected chi connectivity index (χ1v) is 8.36. The number of anilines is 2. The highest BCUT2D eigenvalue weighted by molar-refractivity contribution is 9.10. The average Bonchev–Trinajstić information content (AvgIpc) is 2.30. The van der Waals surface area contributed by atoms with Crippen LogP contribution in [0, 0.1) is 0 Å². The lowest BCUT2D eigenvalue weighted by Crippen LogP contribution is -2.15. The van der Waals surface area contributed by atoms with E-state index < -0.39 is 10.0 Å². The molecule has 0 aliphatic rings. The molecule has 4 nitrogen and oxygen atoms in total. The summed E-state index contributed by atoms with van der Waals surface area (Å²) in [6.07, 6.45) is 0. The third kappa shape index (κ3) is 3.20. The van der Waals surface area contributed by atoms with Gasteiger partial charge < -0.3 is 5.73 Å². The number of nitrogens with one attached hydrogen (secondary N) is 1. The first-order valence-electron chi connectivity index (χ1n) is 5.33. The highest BCUT2D eigenvalue weighted by Gasteiger charge is 2.22. The molecule has 20 heavy (non-hydrogen) atoms. The SMILES string of the molecule is Nc1cc(Cl)cc(Cl)c1S(=O)(=O)Nc1ccccc1Br. The fourth-order valence-corrected chi connectivity index (χ4v) is 4.19. The van der Waals surface area contributed by atoms with Crippen molar-refractivity contribution < 1.29 is 8.42 Å². The molecule has 0 heterocycles. The Bertz CT molecular complexity index is 743. The van der Waals surface area contributed by atoms with Crippen LogP contribution in [0.15, 0.2) is 45.8 Å². The summed E-state index contributed by atoms with van der Waals surface area (Å²) in [6, 6.07) is 9.46. The molecule has 2 rings (SSSR count). The molecular formula is C12H9BrCl2N2O2S. The molecule has 0 spiro atoms. The van der Waals surface area contributed by atoms with Crippen LogP contribution in [-0.4, -0.2) is 8.42 Å². The van der Waals surface area contributed by atoms with E-state index in [2.05, 4.69) is 20.7 Å². The summed E-state index contributed by atoms with van der Waals surface area (Å²) in [4.78, 5) is -0.195. The molecule has 0 aliphatic heterocycles. The van der Waals surface area contributed by atoms with Crippen molar-refractivity contribution in [2.24, 2.45) is 0 Å². The van der Waals surface area contributed by atoms with Crippen molar-refractivity contribution in [2.45, 2.75) is 4.90 Å². The van der Waals surface area contributed by atoms with E-state index in [0.717, 1.165) is 0 Å². The molecule has 0 fully saturated rings. The third-order valence-corrected chi connectivity index (χ3v) is 5.23. The summed E-state index contributed by atoms with van der Waals surface area (Å²) in [5.74, 6) is 0. The van der Waals surface area contributed by atoms with Gasteiger partial charge in [-0.1, -0.05) is 35.3 Å². The Morgan fingerprint density at radius 1 is 1.15 bits per heavy atom. The smallest absolute Gasteiger partial charge is 0.265 e. The Hall–Kier alpha value is -0.950. The van der Waals surface area contributed by atoms with Gasteiger partial charge in [0.2, 0.25) is 0 Å². The number of rotatable bonds is 3. The van der Waals surface area contributed by atoms with Crippen LogP contribution >= 0.6 is 39.1 Å². The highest BCUT2D eigenvalue weighted by atomic mass is 79.9. The van der Waals surface area contributed by atoms with Crippen LogP contribution in [0.4, 0.5) is 11.4 Å². The van der Waals surface area contributed by atoms with E-state index >= 15 is 0 Å². The Morgan fingerprint density at radius 3 is 2.40 bits per heavy atom. The lowest BCUT2D eigenvalue weighted by atomic mass is 10.3. The molecule has 2 aromatic rings. The third-order valence-electron chi connectivity index (χ3n) is 2.42. The Balaban J connectivity index is 2.50. The molecule has 3 N–H and O–H groups in total. The average molecular weight is 396 g/mol. The van der Waals surface area contributed by atoms with Crippen molar-refractivity contribution in [2.75, 3.05) is 10.5 Å². The number of nitrogens with two attached hydrogens (primary N) is 1. The first kappa shape index (κ1) is 15.4. The van der Waals surface area contributed by atoms with Crippen LogP contribution in [0.1, 0.15) is 0 Å². The minimum absolute atomic E-state index is 0.0120. The van der Waals surface area contributed by atoms with Gasteiger partial charge in [0.25, 0.3) is 10.0 Å². The Kier molecular flexibility index (Phi) is 4.49. The predicted molar refractivity (Wildman–Crippen MR) is 85.8 cm³/mol. The van der Waals surface area contributed by atoms with Crippen LogP contribution < -0.4 is 10.5 Å². The second-order valence-corrected chi connectivity index (χ2v) is 7.21. The molecule has 0 atom stereocenters. The number of halogens is 3. The summed E-state index contributed by atoms with van der Waals surface area (Å²) in [7, 11) is -3.91. The zero-order valence-corrected chi connectivity index (χ0v) is 13.8. The fourth-order valence-electron chi connectivity index (χ4n) is 1.60. The number of hydrogen-bond donors (Lipinski definition) is 2. The first-order chi connectivity index (χ1) is 9.31. The zero-order valence-electron chi connectivity index (χ0n) is 9.90. The van der Waals surface area contributed by atoms with E-state index in [0.29, 0.717) is 10.2 Å². The van der Waals surface area contributed by atoms with E-state index in [4.69, 9.17) is 28.9 Å². The van der Waals surface area contributed by atoms with Gasteiger partial charge in [-0.2, -0.15) is 0 Å². The van der Waals surface area contributed by atoms with Gasteiger partial charge in [0, 0.05) is 9.50 Å². The molecule has 0 saturated carbocycles. The summed E-state index contributed by atoms with van der Waals surface area (Å²) in [6.45, 7) is 0. The van der Waals surface area contributed by atoms with Gasteiger partial charge in [-0.25, -0.2) is 8.42 Å². The van der Waals surface area contributed by atoms with Crippen molar-refractivity contribution in [3.63, 3.8) is 0 Å². The van der Waals surface area contributed by atoms with E-state index in [1.165, 1.54) is 12.1 Å². The maximum Gasteiger partial charge on any atom is 0.265 e. The van der Waals surface area contributed by atoms with Crippen molar-refractivity contribution in [3.05, 3.63) is 50.9 Å². The minimum Gasteiger partial charge on any atom is -0.398 e. The number of nitrogen functional groups attached to an aromatic ring is 1. The Labute approximate surface area is 135 Å². The number of para-hydroxylation sites is 1. The van der Waals surface area contributed by atoms with E-state index in [9.17, 15) is 8.42 Å². The van der Waals surface area contributed by atoms with Crippen molar-refractivity contribution in [1.82, 2.24) is 0 Å². The highest BCUT2D eigenvalue weighted by Crippen LogP contribution is 2.33. The molecule has 0 amide bonds. The molecule has 8 heteroatoms. The quantitative estimate of drug-likeness (QED) is 0.767. The second kappa shape index (κ2) is 5.81. The standard InChI is InChI=1S/C12H9BrCl2N2O2S/c13-8-3-1-2-4-11(8)17-20(18,19)12-9(15)5-7(14)6-10(12)16/h1-6,17H,16H2. The molecular weight excluding hydrogens is 387 g/mol. The normalized spacial score (nSPS) is 11.3. The molecule has 2 aromatic carbocycles. The molecule has 0 aliphatic carbocycles. The van der Waals surface area contributed by atoms with Crippen LogP contribution in [-0.2, 0) is 10.0 Å². The van der Waals surface area contributed by atoms with E-state index in [-0.39, 0.29) is 20.6 Å². The molecule has 0 saturated heterocycles. The number of benzene rings is 2. The van der Waals surface area contributed by atoms with Crippen LogP contribution in [0.2, 0.25) is 10.0 Å². The van der Waals surface area contributed by atoms with E-state index in [1.54, 1.807) is 24.3 Å². The largest absolute Gasteiger partial charge is 0.398 e. The van der Waals surface area contributed by atoms with Gasteiger partial charge in [-0.3, -0.25) is 4.72 Å². The second-order valence-electron chi connectivity index (χ2n) is 3.89. The number of sulfonamides is 1. The Morgan fingerprint density at radius 2 is 1.80 bits per heavy atom. The maximum atomic E-state index is 12.4. The summed E-state index contributed by atoms with van der Waals surface area (Å²) in [5.41, 5.74) is 6.08. The van der Waals surface area contributed by atoms with Crippen molar-refractivity contribution >= 4 is 60.5 Å². The monoisotopic (exact) mass is 394 g/mol. The van der Waals surface area contributed by atoms with Gasteiger partial charge in [0.15, 0.2) is 0 Å². The summed E-state index contributed by atoms with van der Waals surface area (Å²) in [5, 5.41) is 0.238. The lowest BCUT2D eigenvalue weighted by Gasteiger charge is -2.13. The van der Waals surface area contributed by atoms with Gasteiger partial charge in [0.05, 0.1) is 16.4 Å². The molecule has 0 unspecified atom stereocenters.